The van der Waals surface area contributed by atoms with E-state index in [9.17, 15) is 0 Å². The van der Waals surface area contributed by atoms with E-state index in [1.807, 2.05) is 0 Å². The van der Waals surface area contributed by atoms with Gasteiger partial charge in [-0.25, -0.2) is 0 Å². The van der Waals surface area contributed by atoms with Crippen LogP contribution in [0.1, 0.15) is 24.5 Å². The Bertz CT molecular complexity index is 565. The Morgan fingerprint density at radius 1 is 1.00 bits per heavy atom. The van der Waals surface area contributed by atoms with Gasteiger partial charge in [0.1, 0.15) is 0 Å². The normalized spacial score (nSPS) is 22.4. The summed E-state index contributed by atoms with van der Waals surface area (Å²) in [5, 5.41) is 0. The van der Waals surface area contributed by atoms with E-state index < -0.39 is 0 Å². The van der Waals surface area contributed by atoms with Gasteiger partial charge in [-0.3, -0.25) is 0 Å². The van der Waals surface area contributed by atoms with Gasteiger partial charge in [-0.1, -0.05) is 55.5 Å². The summed E-state index contributed by atoms with van der Waals surface area (Å²) in [7, 11) is 0. The molecule has 1 fully saturated rings. The molecule has 2 aromatic rings. The molecule has 0 spiro atoms. The highest BCUT2D eigenvalue weighted by Gasteiger charge is 2.43. The third kappa shape index (κ3) is 1.31. The Kier molecular flexibility index (Phi) is 1.98. The SMILES string of the molecule is CC1(C[C@@H]2CO2)c2ccccc2-c2ccccc21. The van der Waals surface area contributed by atoms with Gasteiger partial charge in [-0.2, -0.15) is 0 Å². The maximum absolute atomic E-state index is 5.47. The van der Waals surface area contributed by atoms with Crippen LogP contribution in [0.2, 0.25) is 0 Å². The largest absolute Gasteiger partial charge is 0.373 e. The zero-order chi connectivity index (χ0) is 12.2. The highest BCUT2D eigenvalue weighted by atomic mass is 16.6. The lowest BCUT2D eigenvalue weighted by Gasteiger charge is -2.26. The summed E-state index contributed by atoms with van der Waals surface area (Å²) in [5.41, 5.74) is 5.84. The van der Waals surface area contributed by atoms with E-state index in [0.717, 1.165) is 13.0 Å². The lowest BCUT2D eigenvalue weighted by atomic mass is 9.76. The Labute approximate surface area is 107 Å². The Hall–Kier alpha value is -1.60. The van der Waals surface area contributed by atoms with Crippen LogP contribution in [0.5, 0.6) is 0 Å². The van der Waals surface area contributed by atoms with Gasteiger partial charge in [0.2, 0.25) is 0 Å². The average Bonchev–Trinajstić information content (AvgIpc) is 3.18. The van der Waals surface area contributed by atoms with E-state index in [1.54, 1.807) is 0 Å². The fourth-order valence-electron chi connectivity index (χ4n) is 3.40. The molecule has 2 aliphatic rings. The van der Waals surface area contributed by atoms with Crippen LogP contribution in [0, 0.1) is 0 Å². The summed E-state index contributed by atoms with van der Waals surface area (Å²) in [6, 6.07) is 17.6. The molecule has 0 bridgehead atoms. The van der Waals surface area contributed by atoms with Crippen LogP contribution < -0.4 is 0 Å². The van der Waals surface area contributed by atoms with Crippen LogP contribution in [0.3, 0.4) is 0 Å². The first-order valence-corrected chi connectivity index (χ1v) is 6.60. The predicted molar refractivity (Wildman–Crippen MR) is 72.7 cm³/mol. The first kappa shape index (κ1) is 10.3. The third-order valence-electron chi connectivity index (χ3n) is 4.37. The Morgan fingerprint density at radius 2 is 1.50 bits per heavy atom. The molecule has 0 radical (unpaired) electrons. The van der Waals surface area contributed by atoms with Crippen molar-refractivity contribution in [3.05, 3.63) is 59.7 Å². The van der Waals surface area contributed by atoms with E-state index in [4.69, 9.17) is 4.74 Å². The van der Waals surface area contributed by atoms with Crippen LogP contribution in [0.25, 0.3) is 11.1 Å². The maximum atomic E-state index is 5.47. The molecule has 1 atom stereocenters. The first-order chi connectivity index (χ1) is 8.79. The molecule has 4 rings (SSSR count). The second kappa shape index (κ2) is 3.46. The molecule has 1 heteroatoms. The lowest BCUT2D eigenvalue weighted by Crippen LogP contribution is -2.22. The number of benzene rings is 2. The molecule has 1 heterocycles. The van der Waals surface area contributed by atoms with Crippen molar-refractivity contribution in [2.45, 2.75) is 24.9 Å². The standard InChI is InChI=1S/C17H16O/c1-17(10-12-11-18-12)15-8-4-2-6-13(15)14-7-3-5-9-16(14)17/h2-9,12H,10-11H2,1H3/t12-/m1/s1. The van der Waals surface area contributed by atoms with Crippen molar-refractivity contribution >= 4 is 0 Å². The quantitative estimate of drug-likeness (QED) is 0.723. The van der Waals surface area contributed by atoms with Gasteiger partial charge in [0.15, 0.2) is 0 Å². The summed E-state index contributed by atoms with van der Waals surface area (Å²) < 4.78 is 5.47. The average molecular weight is 236 g/mol. The number of fused-ring (bicyclic) bond motifs is 3. The molecule has 2 aromatic carbocycles. The van der Waals surface area contributed by atoms with E-state index in [1.165, 1.54) is 22.3 Å². The van der Waals surface area contributed by atoms with Gasteiger partial charge in [0, 0.05) is 5.41 Å². The van der Waals surface area contributed by atoms with Crippen molar-refractivity contribution in [3.63, 3.8) is 0 Å². The second-order valence-corrected chi connectivity index (χ2v) is 5.58. The maximum Gasteiger partial charge on any atom is 0.0821 e. The van der Waals surface area contributed by atoms with Gasteiger partial charge in [0.25, 0.3) is 0 Å². The Morgan fingerprint density at radius 3 is 2.00 bits per heavy atom. The van der Waals surface area contributed by atoms with Gasteiger partial charge < -0.3 is 4.74 Å². The van der Waals surface area contributed by atoms with Crippen LogP contribution in [0.4, 0.5) is 0 Å². The van der Waals surface area contributed by atoms with E-state index in [2.05, 4.69) is 55.5 Å². The number of rotatable bonds is 2. The van der Waals surface area contributed by atoms with Crippen molar-refractivity contribution in [1.82, 2.24) is 0 Å². The van der Waals surface area contributed by atoms with Crippen LogP contribution in [0.15, 0.2) is 48.5 Å². The zero-order valence-corrected chi connectivity index (χ0v) is 10.5. The number of hydrogen-bond donors (Lipinski definition) is 0. The van der Waals surface area contributed by atoms with Crippen molar-refractivity contribution in [1.29, 1.82) is 0 Å². The summed E-state index contributed by atoms with van der Waals surface area (Å²) in [6.45, 7) is 3.29. The van der Waals surface area contributed by atoms with Crippen molar-refractivity contribution in [2.24, 2.45) is 0 Å². The summed E-state index contributed by atoms with van der Waals surface area (Å²) in [5.74, 6) is 0. The zero-order valence-electron chi connectivity index (χ0n) is 10.5. The van der Waals surface area contributed by atoms with Crippen molar-refractivity contribution in [3.8, 4) is 11.1 Å². The smallest absolute Gasteiger partial charge is 0.0821 e. The molecule has 90 valence electrons. The molecule has 0 saturated carbocycles. The first-order valence-electron chi connectivity index (χ1n) is 6.60. The minimum absolute atomic E-state index is 0.119. The van der Waals surface area contributed by atoms with Crippen molar-refractivity contribution in [2.75, 3.05) is 6.61 Å². The highest BCUT2D eigenvalue weighted by molar-refractivity contribution is 5.80. The number of hydrogen-bond acceptors (Lipinski definition) is 1. The Balaban J connectivity index is 1.96. The minimum Gasteiger partial charge on any atom is -0.373 e. The van der Waals surface area contributed by atoms with Gasteiger partial charge >= 0.3 is 0 Å². The number of ether oxygens (including phenoxy) is 1. The van der Waals surface area contributed by atoms with Crippen LogP contribution in [-0.4, -0.2) is 12.7 Å². The molecule has 0 amide bonds. The molecule has 18 heavy (non-hydrogen) atoms. The van der Waals surface area contributed by atoms with Crippen LogP contribution >= 0.6 is 0 Å². The fraction of sp³-hybridized carbons (Fsp3) is 0.294. The molecular weight excluding hydrogens is 220 g/mol. The molecule has 0 N–H and O–H groups in total. The predicted octanol–water partition coefficient (Wildman–Crippen LogP) is 3.76. The molecule has 0 unspecified atom stereocenters. The lowest BCUT2D eigenvalue weighted by molar-refractivity contribution is 0.359. The highest BCUT2D eigenvalue weighted by Crippen LogP contribution is 2.51. The molecule has 0 aromatic heterocycles. The summed E-state index contributed by atoms with van der Waals surface area (Å²) in [4.78, 5) is 0. The molecule has 1 saturated heterocycles. The number of epoxide rings is 1. The third-order valence-corrected chi connectivity index (χ3v) is 4.37. The molecular formula is C17H16O. The molecule has 1 aliphatic carbocycles. The molecule has 1 nitrogen and oxygen atoms in total. The monoisotopic (exact) mass is 236 g/mol. The molecule has 1 aliphatic heterocycles. The summed E-state index contributed by atoms with van der Waals surface area (Å²) >= 11 is 0. The minimum atomic E-state index is 0.119. The van der Waals surface area contributed by atoms with E-state index in [0.29, 0.717) is 6.10 Å². The van der Waals surface area contributed by atoms with Crippen LogP contribution in [-0.2, 0) is 10.2 Å². The topological polar surface area (TPSA) is 12.5 Å². The van der Waals surface area contributed by atoms with Gasteiger partial charge in [-0.15, -0.1) is 0 Å². The van der Waals surface area contributed by atoms with Gasteiger partial charge in [-0.05, 0) is 28.7 Å². The van der Waals surface area contributed by atoms with E-state index in [-0.39, 0.29) is 5.41 Å². The van der Waals surface area contributed by atoms with Gasteiger partial charge in [0.05, 0.1) is 12.7 Å². The fourth-order valence-corrected chi connectivity index (χ4v) is 3.40. The summed E-state index contributed by atoms with van der Waals surface area (Å²) in [6.07, 6.45) is 1.55. The van der Waals surface area contributed by atoms with Crippen molar-refractivity contribution < 1.29 is 4.74 Å². The second-order valence-electron chi connectivity index (χ2n) is 5.58. The van der Waals surface area contributed by atoms with E-state index >= 15 is 0 Å².